The molecule has 3 heteroatoms. The van der Waals surface area contributed by atoms with Crippen LogP contribution in [-0.2, 0) is 4.84 Å². The first-order valence-electron chi connectivity index (χ1n) is 4.74. The standard InChI is InChI=1S/C11H14N2O/c1-3-13(14-2)11-8-9-6-4-5-7-10(9)12-11/h4-8,12H,3H2,1-2H3. The summed E-state index contributed by atoms with van der Waals surface area (Å²) in [6.45, 7) is 2.87. The third kappa shape index (κ3) is 1.46. The van der Waals surface area contributed by atoms with Crippen LogP contribution >= 0.6 is 0 Å². The Morgan fingerprint density at radius 3 is 2.79 bits per heavy atom. The fraction of sp³-hybridized carbons (Fsp3) is 0.273. The third-order valence-electron chi connectivity index (χ3n) is 2.29. The Hall–Kier alpha value is -1.48. The molecule has 1 N–H and O–H groups in total. The maximum Gasteiger partial charge on any atom is 0.131 e. The lowest BCUT2D eigenvalue weighted by Crippen LogP contribution is -2.20. The van der Waals surface area contributed by atoms with Gasteiger partial charge >= 0.3 is 0 Å². The monoisotopic (exact) mass is 190 g/mol. The van der Waals surface area contributed by atoms with E-state index in [9.17, 15) is 0 Å². The summed E-state index contributed by atoms with van der Waals surface area (Å²) < 4.78 is 0. The molecule has 0 aliphatic rings. The molecule has 2 rings (SSSR count). The average Bonchev–Trinajstić information content (AvgIpc) is 2.63. The zero-order chi connectivity index (χ0) is 9.97. The van der Waals surface area contributed by atoms with Gasteiger partial charge in [-0.25, -0.2) is 5.06 Å². The Kier molecular flexibility index (Phi) is 2.41. The Morgan fingerprint density at radius 2 is 2.14 bits per heavy atom. The van der Waals surface area contributed by atoms with Crippen LogP contribution < -0.4 is 5.06 Å². The highest BCUT2D eigenvalue weighted by molar-refractivity contribution is 5.83. The second-order valence-electron chi connectivity index (χ2n) is 3.12. The molecule has 0 saturated carbocycles. The van der Waals surface area contributed by atoms with Crippen LogP contribution in [0.2, 0.25) is 0 Å². The number of aromatic nitrogens is 1. The second-order valence-corrected chi connectivity index (χ2v) is 3.12. The molecule has 0 spiro atoms. The van der Waals surface area contributed by atoms with E-state index in [0.29, 0.717) is 0 Å². The fourth-order valence-electron chi connectivity index (χ4n) is 1.59. The summed E-state index contributed by atoms with van der Waals surface area (Å²) in [6.07, 6.45) is 0. The summed E-state index contributed by atoms with van der Waals surface area (Å²) in [5.41, 5.74) is 1.14. The third-order valence-corrected chi connectivity index (χ3v) is 2.29. The number of rotatable bonds is 3. The Balaban J connectivity index is 2.43. The van der Waals surface area contributed by atoms with E-state index in [-0.39, 0.29) is 0 Å². The van der Waals surface area contributed by atoms with Crippen LogP contribution in [0.25, 0.3) is 10.9 Å². The topological polar surface area (TPSA) is 28.3 Å². The summed E-state index contributed by atoms with van der Waals surface area (Å²) in [6, 6.07) is 10.3. The zero-order valence-corrected chi connectivity index (χ0v) is 8.45. The van der Waals surface area contributed by atoms with E-state index in [1.165, 1.54) is 5.39 Å². The molecular weight excluding hydrogens is 176 g/mol. The number of anilines is 1. The smallest absolute Gasteiger partial charge is 0.131 e. The van der Waals surface area contributed by atoms with E-state index in [1.54, 1.807) is 7.11 Å². The number of aromatic amines is 1. The highest BCUT2D eigenvalue weighted by Gasteiger charge is 2.05. The molecule has 0 unspecified atom stereocenters. The molecular formula is C11H14N2O. The minimum Gasteiger partial charge on any atom is -0.340 e. The SMILES string of the molecule is CCN(OC)c1cc2ccccc2[nH]1. The molecule has 0 amide bonds. The van der Waals surface area contributed by atoms with E-state index in [0.717, 1.165) is 17.9 Å². The number of hydrogen-bond acceptors (Lipinski definition) is 2. The number of nitrogens with one attached hydrogen (secondary N) is 1. The molecule has 1 heterocycles. The van der Waals surface area contributed by atoms with Crippen molar-refractivity contribution >= 4 is 16.7 Å². The van der Waals surface area contributed by atoms with Gasteiger partial charge in [-0.05, 0) is 19.1 Å². The van der Waals surface area contributed by atoms with Crippen LogP contribution in [0.15, 0.2) is 30.3 Å². The Morgan fingerprint density at radius 1 is 1.36 bits per heavy atom. The van der Waals surface area contributed by atoms with Gasteiger partial charge in [-0.2, -0.15) is 0 Å². The summed E-state index contributed by atoms with van der Waals surface area (Å²) in [7, 11) is 1.68. The molecule has 1 aromatic carbocycles. The van der Waals surface area contributed by atoms with Crippen molar-refractivity contribution in [2.24, 2.45) is 0 Å². The number of H-pyrrole nitrogens is 1. The molecule has 74 valence electrons. The normalized spacial score (nSPS) is 10.7. The van der Waals surface area contributed by atoms with Gasteiger partial charge in [-0.1, -0.05) is 18.2 Å². The molecule has 1 aromatic heterocycles. The van der Waals surface area contributed by atoms with Crippen molar-refractivity contribution in [3.8, 4) is 0 Å². The van der Waals surface area contributed by atoms with Gasteiger partial charge in [-0.15, -0.1) is 0 Å². The van der Waals surface area contributed by atoms with E-state index in [2.05, 4.69) is 30.1 Å². The van der Waals surface area contributed by atoms with Crippen molar-refractivity contribution in [2.45, 2.75) is 6.92 Å². The van der Waals surface area contributed by atoms with Gasteiger partial charge in [0.1, 0.15) is 5.82 Å². The molecule has 0 fully saturated rings. The first kappa shape index (κ1) is 9.09. The summed E-state index contributed by atoms with van der Waals surface area (Å²) >= 11 is 0. The van der Waals surface area contributed by atoms with E-state index in [1.807, 2.05) is 17.2 Å². The summed E-state index contributed by atoms with van der Waals surface area (Å²) in [5, 5.41) is 3.03. The van der Waals surface area contributed by atoms with Crippen molar-refractivity contribution < 1.29 is 4.84 Å². The maximum atomic E-state index is 5.22. The van der Waals surface area contributed by atoms with Gasteiger partial charge in [0.2, 0.25) is 0 Å². The van der Waals surface area contributed by atoms with Crippen LogP contribution in [0.4, 0.5) is 5.82 Å². The van der Waals surface area contributed by atoms with Crippen LogP contribution in [0.1, 0.15) is 6.92 Å². The van der Waals surface area contributed by atoms with Crippen molar-refractivity contribution in [1.82, 2.24) is 4.98 Å². The number of hydroxylamine groups is 1. The van der Waals surface area contributed by atoms with E-state index in [4.69, 9.17) is 4.84 Å². The zero-order valence-electron chi connectivity index (χ0n) is 8.45. The van der Waals surface area contributed by atoms with Crippen LogP contribution in [0.5, 0.6) is 0 Å². The van der Waals surface area contributed by atoms with Crippen LogP contribution in [0, 0.1) is 0 Å². The van der Waals surface area contributed by atoms with Crippen LogP contribution in [-0.4, -0.2) is 18.6 Å². The quantitative estimate of drug-likeness (QED) is 0.753. The minimum atomic E-state index is 0.823. The molecule has 2 aromatic rings. The lowest BCUT2D eigenvalue weighted by Gasteiger charge is -2.16. The Labute approximate surface area is 83.2 Å². The summed E-state index contributed by atoms with van der Waals surface area (Å²) in [5.74, 6) is 0.996. The molecule has 0 aliphatic heterocycles. The van der Waals surface area contributed by atoms with Crippen molar-refractivity contribution in [3.63, 3.8) is 0 Å². The predicted octanol–water partition coefficient (Wildman–Crippen LogP) is 2.56. The highest BCUT2D eigenvalue weighted by atomic mass is 16.7. The molecule has 0 aliphatic carbocycles. The number of hydrogen-bond donors (Lipinski definition) is 1. The second kappa shape index (κ2) is 3.72. The Bertz CT molecular complexity index is 385. The van der Waals surface area contributed by atoms with Gasteiger partial charge < -0.3 is 4.98 Å². The average molecular weight is 190 g/mol. The fourth-order valence-corrected chi connectivity index (χ4v) is 1.59. The molecule has 0 saturated heterocycles. The molecule has 0 radical (unpaired) electrons. The van der Waals surface area contributed by atoms with Gasteiger partial charge in [0.15, 0.2) is 0 Å². The van der Waals surface area contributed by atoms with Crippen molar-refractivity contribution in [3.05, 3.63) is 30.3 Å². The van der Waals surface area contributed by atoms with Gasteiger partial charge in [0.05, 0.1) is 7.11 Å². The molecule has 3 nitrogen and oxygen atoms in total. The molecule has 0 bridgehead atoms. The van der Waals surface area contributed by atoms with Crippen molar-refractivity contribution in [2.75, 3.05) is 18.7 Å². The maximum absolute atomic E-state index is 5.22. The first-order valence-corrected chi connectivity index (χ1v) is 4.74. The minimum absolute atomic E-state index is 0.823. The van der Waals surface area contributed by atoms with Gasteiger partial charge in [-0.3, -0.25) is 4.84 Å². The first-order chi connectivity index (χ1) is 6.85. The number of para-hydroxylation sites is 1. The number of benzene rings is 1. The lowest BCUT2D eigenvalue weighted by atomic mass is 10.2. The molecule has 14 heavy (non-hydrogen) atoms. The van der Waals surface area contributed by atoms with Crippen molar-refractivity contribution in [1.29, 1.82) is 0 Å². The van der Waals surface area contributed by atoms with Gasteiger partial charge in [0.25, 0.3) is 0 Å². The van der Waals surface area contributed by atoms with Crippen LogP contribution in [0.3, 0.4) is 0 Å². The molecule has 0 atom stereocenters. The predicted molar refractivity (Wildman–Crippen MR) is 58.3 cm³/mol. The number of nitrogens with zero attached hydrogens (tertiary/aromatic N) is 1. The van der Waals surface area contributed by atoms with Gasteiger partial charge in [0, 0.05) is 17.4 Å². The van der Waals surface area contributed by atoms with E-state index >= 15 is 0 Å². The lowest BCUT2D eigenvalue weighted by molar-refractivity contribution is 0.169. The largest absolute Gasteiger partial charge is 0.340 e. The van der Waals surface area contributed by atoms with E-state index < -0.39 is 0 Å². The number of fused-ring (bicyclic) bond motifs is 1. The highest BCUT2D eigenvalue weighted by Crippen LogP contribution is 2.21. The summed E-state index contributed by atoms with van der Waals surface area (Å²) in [4.78, 5) is 8.52.